The molecule has 3 aromatic rings. The molecule has 0 spiro atoms. The van der Waals surface area contributed by atoms with Gasteiger partial charge in [-0.2, -0.15) is 0 Å². The molecule has 0 amide bonds. The van der Waals surface area contributed by atoms with E-state index in [2.05, 4.69) is 34.6 Å². The summed E-state index contributed by atoms with van der Waals surface area (Å²) in [4.78, 5) is 29.0. The third-order valence-corrected chi connectivity index (χ3v) is 5.73. The van der Waals surface area contributed by atoms with Crippen molar-refractivity contribution in [1.29, 1.82) is 0 Å². The minimum Gasteiger partial charge on any atom is -0.383 e. The van der Waals surface area contributed by atoms with Crippen molar-refractivity contribution in [1.82, 2.24) is 0 Å². The van der Waals surface area contributed by atoms with Gasteiger partial charge < -0.3 is 21.3 Å². The van der Waals surface area contributed by atoms with Crippen molar-refractivity contribution in [3.63, 3.8) is 0 Å². The SMILES string of the molecule is CCN(CCNc1cccc2c1C(=O)c1cccc(NCCN)c1C2=O)c1ccccc1. The van der Waals surface area contributed by atoms with Crippen LogP contribution in [0.2, 0.25) is 0 Å². The van der Waals surface area contributed by atoms with Crippen LogP contribution in [0.15, 0.2) is 66.7 Å². The van der Waals surface area contributed by atoms with Gasteiger partial charge in [-0.05, 0) is 31.2 Å². The van der Waals surface area contributed by atoms with Crippen LogP contribution in [0.25, 0.3) is 0 Å². The highest BCUT2D eigenvalue weighted by Crippen LogP contribution is 2.35. The summed E-state index contributed by atoms with van der Waals surface area (Å²) in [5, 5.41) is 6.56. The van der Waals surface area contributed by atoms with Crippen LogP contribution in [0, 0.1) is 0 Å². The summed E-state index contributed by atoms with van der Waals surface area (Å²) in [5.74, 6) is -0.276. The Morgan fingerprint density at radius 1 is 0.750 bits per heavy atom. The molecule has 6 nitrogen and oxygen atoms in total. The minimum atomic E-state index is -0.141. The van der Waals surface area contributed by atoms with Crippen LogP contribution in [-0.4, -0.2) is 44.3 Å². The maximum atomic E-state index is 13.4. The second-order valence-electron chi connectivity index (χ2n) is 7.67. The molecule has 4 N–H and O–H groups in total. The standard InChI is InChI=1S/C26H28N4O2/c1-2-30(18-8-4-3-5-9-18)17-16-29-22-13-7-11-20-24(22)26(32)19-10-6-12-21(28-15-14-27)23(19)25(20)31/h3-13,28-29H,2,14-17,27H2,1H3. The van der Waals surface area contributed by atoms with Gasteiger partial charge in [-0.3, -0.25) is 9.59 Å². The van der Waals surface area contributed by atoms with Crippen LogP contribution in [0.3, 0.4) is 0 Å². The zero-order valence-corrected chi connectivity index (χ0v) is 18.2. The second kappa shape index (κ2) is 9.66. The van der Waals surface area contributed by atoms with Gasteiger partial charge in [-0.15, -0.1) is 0 Å². The number of anilines is 3. The highest BCUT2D eigenvalue weighted by Gasteiger charge is 2.33. The monoisotopic (exact) mass is 428 g/mol. The number of nitrogens with one attached hydrogen (secondary N) is 2. The molecule has 6 heteroatoms. The highest BCUT2D eigenvalue weighted by atomic mass is 16.1. The summed E-state index contributed by atoms with van der Waals surface area (Å²) in [7, 11) is 0. The molecule has 32 heavy (non-hydrogen) atoms. The van der Waals surface area contributed by atoms with Gasteiger partial charge in [0.2, 0.25) is 0 Å². The van der Waals surface area contributed by atoms with Crippen LogP contribution in [0.1, 0.15) is 38.8 Å². The van der Waals surface area contributed by atoms with E-state index >= 15 is 0 Å². The van der Waals surface area contributed by atoms with E-state index in [1.165, 1.54) is 0 Å². The molecule has 0 radical (unpaired) electrons. The zero-order chi connectivity index (χ0) is 22.5. The molecule has 0 aliphatic heterocycles. The van der Waals surface area contributed by atoms with Gasteiger partial charge in [0.05, 0.1) is 11.1 Å². The Hall–Kier alpha value is -3.64. The molecular formula is C26H28N4O2. The van der Waals surface area contributed by atoms with Gasteiger partial charge in [-0.1, -0.05) is 42.5 Å². The summed E-state index contributed by atoms with van der Waals surface area (Å²) < 4.78 is 0. The van der Waals surface area contributed by atoms with Gasteiger partial charge in [-0.25, -0.2) is 0 Å². The first-order chi connectivity index (χ1) is 15.7. The molecule has 1 aliphatic rings. The number of nitrogens with zero attached hydrogens (tertiary/aromatic N) is 1. The largest absolute Gasteiger partial charge is 0.383 e. The Morgan fingerprint density at radius 2 is 1.31 bits per heavy atom. The van der Waals surface area contributed by atoms with Crippen molar-refractivity contribution in [2.75, 3.05) is 48.3 Å². The van der Waals surface area contributed by atoms with E-state index in [9.17, 15) is 9.59 Å². The Bertz CT molecular complexity index is 1130. The molecule has 3 aromatic carbocycles. The van der Waals surface area contributed by atoms with Crippen LogP contribution in [-0.2, 0) is 0 Å². The number of benzene rings is 3. The number of carbonyl (C=O) groups is 2. The van der Waals surface area contributed by atoms with Gasteiger partial charge in [0.1, 0.15) is 0 Å². The summed E-state index contributed by atoms with van der Waals surface area (Å²) in [5.41, 5.74) is 9.84. The first kappa shape index (κ1) is 21.6. The van der Waals surface area contributed by atoms with Gasteiger partial charge in [0.25, 0.3) is 0 Å². The zero-order valence-electron chi connectivity index (χ0n) is 18.2. The van der Waals surface area contributed by atoms with E-state index in [4.69, 9.17) is 5.73 Å². The smallest absolute Gasteiger partial charge is 0.196 e. The Balaban J connectivity index is 1.58. The van der Waals surface area contributed by atoms with Crippen LogP contribution in [0.4, 0.5) is 17.1 Å². The summed E-state index contributed by atoms with van der Waals surface area (Å²) in [6, 6.07) is 21.0. The minimum absolute atomic E-state index is 0.135. The van der Waals surface area contributed by atoms with Crippen molar-refractivity contribution >= 4 is 28.6 Å². The maximum Gasteiger partial charge on any atom is 0.196 e. The highest BCUT2D eigenvalue weighted by molar-refractivity contribution is 6.31. The lowest BCUT2D eigenvalue weighted by molar-refractivity contribution is 0.0980. The molecule has 0 heterocycles. The van der Waals surface area contributed by atoms with Crippen molar-refractivity contribution < 1.29 is 9.59 Å². The predicted octanol–water partition coefficient (Wildman–Crippen LogP) is 3.77. The normalized spacial score (nSPS) is 12.2. The van der Waals surface area contributed by atoms with E-state index in [0.717, 1.165) is 18.8 Å². The van der Waals surface area contributed by atoms with Crippen LogP contribution >= 0.6 is 0 Å². The molecule has 0 fully saturated rings. The molecule has 0 atom stereocenters. The Kier molecular flexibility index (Phi) is 6.52. The number of ketones is 2. The summed E-state index contributed by atoms with van der Waals surface area (Å²) in [6.07, 6.45) is 0. The van der Waals surface area contributed by atoms with Crippen LogP contribution in [0.5, 0.6) is 0 Å². The number of para-hydroxylation sites is 1. The van der Waals surface area contributed by atoms with Gasteiger partial charge >= 0.3 is 0 Å². The third-order valence-electron chi connectivity index (χ3n) is 5.73. The fourth-order valence-corrected chi connectivity index (χ4v) is 4.18. The topological polar surface area (TPSA) is 87.5 Å². The van der Waals surface area contributed by atoms with E-state index in [1.54, 1.807) is 18.2 Å². The van der Waals surface area contributed by atoms with Crippen molar-refractivity contribution in [3.05, 3.63) is 89.0 Å². The second-order valence-corrected chi connectivity index (χ2v) is 7.67. The average Bonchev–Trinajstić information content (AvgIpc) is 2.84. The fourth-order valence-electron chi connectivity index (χ4n) is 4.18. The number of rotatable bonds is 9. The predicted molar refractivity (Wildman–Crippen MR) is 130 cm³/mol. The first-order valence-corrected chi connectivity index (χ1v) is 11.0. The number of carbonyl (C=O) groups excluding carboxylic acids is 2. The van der Waals surface area contributed by atoms with Gasteiger partial charge in [0, 0.05) is 60.9 Å². The third kappa shape index (κ3) is 4.09. The van der Waals surface area contributed by atoms with Gasteiger partial charge in [0.15, 0.2) is 11.6 Å². The van der Waals surface area contributed by atoms with Crippen molar-refractivity contribution in [2.45, 2.75) is 6.92 Å². The Morgan fingerprint density at radius 3 is 1.84 bits per heavy atom. The van der Waals surface area contributed by atoms with E-state index in [1.807, 2.05) is 36.4 Å². The number of hydrogen-bond donors (Lipinski definition) is 3. The molecule has 1 aliphatic carbocycles. The van der Waals surface area contributed by atoms with E-state index in [-0.39, 0.29) is 11.6 Å². The molecule has 0 bridgehead atoms. The van der Waals surface area contributed by atoms with E-state index in [0.29, 0.717) is 53.3 Å². The maximum absolute atomic E-state index is 13.4. The number of likely N-dealkylation sites (N-methyl/N-ethyl adjacent to an activating group) is 1. The summed E-state index contributed by atoms with van der Waals surface area (Å²) >= 11 is 0. The van der Waals surface area contributed by atoms with Crippen molar-refractivity contribution in [3.8, 4) is 0 Å². The Labute approximate surface area is 188 Å². The lowest BCUT2D eigenvalue weighted by atomic mass is 9.82. The molecule has 0 unspecified atom stereocenters. The first-order valence-electron chi connectivity index (χ1n) is 11.0. The number of hydrogen-bond acceptors (Lipinski definition) is 6. The van der Waals surface area contributed by atoms with E-state index < -0.39 is 0 Å². The quantitative estimate of drug-likeness (QED) is 0.376. The molecule has 0 aromatic heterocycles. The fraction of sp³-hybridized carbons (Fsp3) is 0.231. The lowest BCUT2D eigenvalue weighted by Crippen LogP contribution is -2.30. The average molecular weight is 429 g/mol. The lowest BCUT2D eigenvalue weighted by Gasteiger charge is -2.25. The molecule has 4 rings (SSSR count). The van der Waals surface area contributed by atoms with Crippen LogP contribution < -0.4 is 21.3 Å². The molecular weight excluding hydrogens is 400 g/mol. The number of nitrogens with two attached hydrogens (primary N) is 1. The molecule has 164 valence electrons. The van der Waals surface area contributed by atoms with Crippen molar-refractivity contribution in [2.24, 2.45) is 5.73 Å². The number of fused-ring (bicyclic) bond motifs is 2. The molecule has 0 saturated carbocycles. The molecule has 0 saturated heterocycles. The summed E-state index contributed by atoms with van der Waals surface area (Å²) in [6.45, 7) is 5.38.